The molecule has 124 valence electrons. The maximum Gasteiger partial charge on any atom is 0.0365 e. The molecule has 0 bridgehead atoms. The zero-order chi connectivity index (χ0) is 11.5. The van der Waals surface area contributed by atoms with Gasteiger partial charge in [0.1, 0.15) is 0 Å². The van der Waals surface area contributed by atoms with Gasteiger partial charge in [-0.2, -0.15) is 74.0 Å². The molecule has 0 aliphatic carbocycles. The van der Waals surface area contributed by atoms with Crippen LogP contribution in [-0.4, -0.2) is 43.7 Å². The molecule has 0 saturated heterocycles. The monoisotopic (exact) mass is 402 g/mol. The van der Waals surface area contributed by atoms with Gasteiger partial charge in [-0.25, -0.2) is 0 Å². The molecule has 0 rings (SSSR count). The molecule has 0 aliphatic rings. The molecule has 0 nitrogen and oxygen atoms in total. The third-order valence-corrected chi connectivity index (χ3v) is 7.60. The molecule has 0 fully saturated rings. The van der Waals surface area contributed by atoms with Crippen LogP contribution in [0.5, 0.6) is 0 Å². The normalized spacial score (nSPS) is 12.0. The predicted octanol–water partition coefficient (Wildman–Crippen LogP) is 6.10. The number of rotatable bonds is 10. The third kappa shape index (κ3) is 20.4. The maximum absolute atomic E-state index is 4.37. The first-order valence-electron chi connectivity index (χ1n) is 4.52. The van der Waals surface area contributed by atoms with Gasteiger partial charge >= 0.3 is 0 Å². The van der Waals surface area contributed by atoms with E-state index in [2.05, 4.69) is 50.5 Å². The summed E-state index contributed by atoms with van der Waals surface area (Å²) >= 11 is 22.9. The average molecular weight is 403 g/mol. The molecular formula is C12H34S7. The van der Waals surface area contributed by atoms with Crippen LogP contribution >= 0.6 is 85.8 Å². The Labute approximate surface area is 158 Å². The summed E-state index contributed by atoms with van der Waals surface area (Å²) in [4.78, 5) is 0. The number of hydrogen-bond acceptors (Lipinski definition) is 7. The molecule has 0 heterocycles. The molecule has 0 spiro atoms. The van der Waals surface area contributed by atoms with Gasteiger partial charge in [-0.3, -0.25) is 0 Å². The molecule has 0 aromatic heterocycles. The van der Waals surface area contributed by atoms with Crippen molar-refractivity contribution in [3.63, 3.8) is 0 Å². The average Bonchev–Trinajstić information content (AvgIpc) is 2.27. The first-order valence-corrected chi connectivity index (χ1v) is 10.3. The summed E-state index contributed by atoms with van der Waals surface area (Å²) < 4.78 is 0. The van der Waals surface area contributed by atoms with Gasteiger partial charge in [0.2, 0.25) is 0 Å². The van der Waals surface area contributed by atoms with Crippen LogP contribution in [0.4, 0.5) is 0 Å². The maximum atomic E-state index is 4.37. The second-order valence-electron chi connectivity index (χ2n) is 2.74. The van der Waals surface area contributed by atoms with Crippen molar-refractivity contribution in [3.05, 3.63) is 0 Å². The molecule has 0 N–H and O–H groups in total. The minimum absolute atomic E-state index is 0. The summed E-state index contributed by atoms with van der Waals surface area (Å²) in [6.45, 7) is 0. The van der Waals surface area contributed by atoms with Crippen molar-refractivity contribution in [2.75, 3.05) is 33.2 Å². The lowest BCUT2D eigenvalue weighted by atomic mass is 10.5. The van der Waals surface area contributed by atoms with E-state index in [9.17, 15) is 0 Å². The molecule has 0 aromatic rings. The van der Waals surface area contributed by atoms with Crippen molar-refractivity contribution in [3.8, 4) is 0 Å². The van der Waals surface area contributed by atoms with Crippen LogP contribution < -0.4 is 0 Å². The Morgan fingerprint density at radius 2 is 1.11 bits per heavy atom. The molecule has 0 radical (unpaired) electrons. The zero-order valence-corrected chi connectivity index (χ0v) is 14.4. The first-order chi connectivity index (χ1) is 7.28. The molecule has 2 unspecified atom stereocenters. The second-order valence-corrected chi connectivity index (χ2v) is 8.61. The second kappa shape index (κ2) is 25.4. The smallest absolute Gasteiger partial charge is 0.0365 e. The fraction of sp³-hybridized carbons (Fsp3) is 1.00. The zero-order valence-electron chi connectivity index (χ0n) is 8.41. The molecule has 0 aliphatic heterocycles. The molecule has 2 atom stereocenters. The highest BCUT2D eigenvalue weighted by molar-refractivity contribution is 8.11. The van der Waals surface area contributed by atoms with Crippen molar-refractivity contribution < 1.29 is 0 Å². The summed E-state index contributed by atoms with van der Waals surface area (Å²) in [5.74, 6) is 4.16. The lowest BCUT2D eigenvalue weighted by molar-refractivity contribution is 1.11. The molecule has 7 heteroatoms. The lowest BCUT2D eigenvalue weighted by Crippen LogP contribution is -2.15. The summed E-state index contributed by atoms with van der Waals surface area (Å²) in [6, 6.07) is 0. The van der Waals surface area contributed by atoms with Crippen LogP contribution in [0.1, 0.15) is 29.7 Å². The van der Waals surface area contributed by atoms with Crippen LogP contribution in [0.15, 0.2) is 0 Å². The predicted molar refractivity (Wildman–Crippen MR) is 122 cm³/mol. The number of thiol groups is 4. The fourth-order valence-corrected chi connectivity index (χ4v) is 5.84. The fourth-order valence-electron chi connectivity index (χ4n) is 0.840. The van der Waals surface area contributed by atoms with Crippen molar-refractivity contribution in [1.29, 1.82) is 0 Å². The van der Waals surface area contributed by atoms with E-state index in [-0.39, 0.29) is 29.7 Å². The van der Waals surface area contributed by atoms with Crippen LogP contribution in [0.3, 0.4) is 0 Å². The lowest BCUT2D eigenvalue weighted by Gasteiger charge is -2.17. The minimum Gasteiger partial charge on any atom is -0.178 e. The SMILES string of the molecule is C.C.C.C.SCSCC(CS)SCC(CS)SCS. The summed E-state index contributed by atoms with van der Waals surface area (Å²) in [5, 5.41) is 3.02. The molecular weight excluding hydrogens is 369 g/mol. The Kier molecular flexibility index (Phi) is 44.3. The van der Waals surface area contributed by atoms with Crippen LogP contribution in [0.2, 0.25) is 0 Å². The van der Waals surface area contributed by atoms with Crippen LogP contribution in [0, 0.1) is 0 Å². The third-order valence-electron chi connectivity index (χ3n) is 1.63. The van der Waals surface area contributed by atoms with Crippen molar-refractivity contribution in [2.45, 2.75) is 40.2 Å². The van der Waals surface area contributed by atoms with Gasteiger partial charge in [0.15, 0.2) is 0 Å². The van der Waals surface area contributed by atoms with Gasteiger partial charge in [0.25, 0.3) is 0 Å². The van der Waals surface area contributed by atoms with E-state index in [0.717, 1.165) is 33.2 Å². The van der Waals surface area contributed by atoms with E-state index in [0.29, 0.717) is 10.5 Å². The largest absolute Gasteiger partial charge is 0.178 e. The minimum atomic E-state index is 0. The van der Waals surface area contributed by atoms with Gasteiger partial charge < -0.3 is 0 Å². The Morgan fingerprint density at radius 3 is 1.47 bits per heavy atom. The van der Waals surface area contributed by atoms with Crippen molar-refractivity contribution >= 4 is 85.8 Å². The van der Waals surface area contributed by atoms with E-state index >= 15 is 0 Å². The quantitative estimate of drug-likeness (QED) is 0.257. The molecule has 0 saturated carbocycles. The van der Waals surface area contributed by atoms with Crippen molar-refractivity contribution in [1.82, 2.24) is 0 Å². The number of thioether (sulfide) groups is 3. The first kappa shape index (κ1) is 33.1. The molecule has 0 amide bonds. The van der Waals surface area contributed by atoms with Gasteiger partial charge in [-0.1, -0.05) is 29.7 Å². The highest BCUT2D eigenvalue weighted by atomic mass is 32.2. The van der Waals surface area contributed by atoms with Gasteiger partial charge in [0, 0.05) is 43.7 Å². The topological polar surface area (TPSA) is 0 Å². The van der Waals surface area contributed by atoms with Gasteiger partial charge in [-0.15, -0.1) is 11.8 Å². The molecule has 19 heavy (non-hydrogen) atoms. The standard InChI is InChI=1S/C8H18S7.4CH4/c9-1-7(3-13-5-11)14-4-8(2-10)15-6-12;;;;/h7-12H,1-6H2;4*1H4. The number of hydrogen-bond donors (Lipinski definition) is 4. The van der Waals surface area contributed by atoms with Gasteiger partial charge in [0.05, 0.1) is 0 Å². The Bertz CT molecular complexity index is 135. The van der Waals surface area contributed by atoms with E-state index in [4.69, 9.17) is 0 Å². The Morgan fingerprint density at radius 1 is 0.632 bits per heavy atom. The van der Waals surface area contributed by atoms with Gasteiger partial charge in [-0.05, 0) is 0 Å². The highest BCUT2D eigenvalue weighted by Crippen LogP contribution is 2.24. The van der Waals surface area contributed by atoms with E-state index in [1.54, 1.807) is 0 Å². The van der Waals surface area contributed by atoms with E-state index < -0.39 is 0 Å². The van der Waals surface area contributed by atoms with E-state index in [1.807, 2.05) is 35.3 Å². The highest BCUT2D eigenvalue weighted by Gasteiger charge is 2.12. The Hall–Kier alpha value is 2.45. The van der Waals surface area contributed by atoms with Crippen molar-refractivity contribution in [2.24, 2.45) is 0 Å². The molecule has 0 aromatic carbocycles. The summed E-state index contributed by atoms with van der Waals surface area (Å²) in [7, 11) is 0. The summed E-state index contributed by atoms with van der Waals surface area (Å²) in [6.07, 6.45) is 0. The van der Waals surface area contributed by atoms with E-state index in [1.165, 1.54) is 0 Å². The summed E-state index contributed by atoms with van der Waals surface area (Å²) in [5.41, 5.74) is 0. The Balaban J connectivity index is -0.000000163. The van der Waals surface area contributed by atoms with Crippen LogP contribution in [0.25, 0.3) is 0 Å². The van der Waals surface area contributed by atoms with Crippen LogP contribution in [-0.2, 0) is 0 Å².